The molecule has 0 aliphatic rings. The fraction of sp³-hybridized carbons (Fsp3) is 0.438. The third-order valence-corrected chi connectivity index (χ3v) is 3.30. The Kier molecular flexibility index (Phi) is 4.05. The fourth-order valence-electron chi connectivity index (χ4n) is 2.28. The molecule has 0 atom stereocenters. The standard InChI is InChI=1S/C16H23N3/c1-16(2,3)19-12-18-11-15(19)14-8-6-5-7-13(14)9-10-17-4/h5-8,11-12,17H,9-10H2,1-4H3. The maximum Gasteiger partial charge on any atom is 0.0955 e. The Bertz CT molecular complexity index is 535. The molecule has 1 aromatic heterocycles. The van der Waals surface area contributed by atoms with E-state index in [4.69, 9.17) is 0 Å². The molecule has 0 aliphatic carbocycles. The van der Waals surface area contributed by atoms with Crippen LogP contribution in [0.1, 0.15) is 26.3 Å². The van der Waals surface area contributed by atoms with Gasteiger partial charge in [0.15, 0.2) is 0 Å². The summed E-state index contributed by atoms with van der Waals surface area (Å²) in [6.45, 7) is 7.60. The molecule has 0 spiro atoms. The lowest BCUT2D eigenvalue weighted by molar-refractivity contribution is 0.400. The van der Waals surface area contributed by atoms with Gasteiger partial charge in [0, 0.05) is 11.1 Å². The number of aromatic nitrogens is 2. The zero-order valence-corrected chi connectivity index (χ0v) is 12.3. The second-order valence-corrected chi connectivity index (χ2v) is 5.83. The van der Waals surface area contributed by atoms with Crippen LogP contribution in [0.5, 0.6) is 0 Å². The number of nitrogens with one attached hydrogen (secondary N) is 1. The van der Waals surface area contributed by atoms with Crippen molar-refractivity contribution in [3.8, 4) is 11.3 Å². The molecule has 0 amide bonds. The summed E-state index contributed by atoms with van der Waals surface area (Å²) in [7, 11) is 1.99. The minimum atomic E-state index is 0.0436. The number of likely N-dealkylation sites (N-methyl/N-ethyl adjacent to an activating group) is 1. The largest absolute Gasteiger partial charge is 0.325 e. The third-order valence-electron chi connectivity index (χ3n) is 3.30. The fourth-order valence-corrected chi connectivity index (χ4v) is 2.28. The van der Waals surface area contributed by atoms with Crippen LogP contribution in [0.15, 0.2) is 36.8 Å². The van der Waals surface area contributed by atoms with Crippen molar-refractivity contribution in [3.05, 3.63) is 42.4 Å². The molecule has 1 heterocycles. The number of rotatable bonds is 4. The Hall–Kier alpha value is -1.61. The topological polar surface area (TPSA) is 29.9 Å². The first-order valence-corrected chi connectivity index (χ1v) is 6.79. The Morgan fingerprint density at radius 2 is 1.95 bits per heavy atom. The molecule has 0 unspecified atom stereocenters. The molecule has 3 heteroatoms. The lowest BCUT2D eigenvalue weighted by Gasteiger charge is -2.24. The van der Waals surface area contributed by atoms with Gasteiger partial charge in [-0.05, 0) is 46.3 Å². The van der Waals surface area contributed by atoms with E-state index in [1.165, 1.54) is 16.8 Å². The summed E-state index contributed by atoms with van der Waals surface area (Å²) in [6.07, 6.45) is 4.91. The van der Waals surface area contributed by atoms with E-state index < -0.39 is 0 Å². The van der Waals surface area contributed by atoms with Gasteiger partial charge in [-0.2, -0.15) is 0 Å². The van der Waals surface area contributed by atoms with Gasteiger partial charge in [0.2, 0.25) is 0 Å². The molecular weight excluding hydrogens is 234 g/mol. The third kappa shape index (κ3) is 3.04. The van der Waals surface area contributed by atoms with Crippen LogP contribution in [0.25, 0.3) is 11.3 Å². The molecule has 0 bridgehead atoms. The SMILES string of the molecule is CNCCc1ccccc1-c1cncn1C(C)(C)C. The first kappa shape index (κ1) is 13.8. The lowest BCUT2D eigenvalue weighted by Crippen LogP contribution is -2.22. The molecule has 0 saturated carbocycles. The lowest BCUT2D eigenvalue weighted by atomic mass is 10.0. The van der Waals surface area contributed by atoms with Crippen molar-refractivity contribution in [1.29, 1.82) is 0 Å². The van der Waals surface area contributed by atoms with E-state index in [0.29, 0.717) is 0 Å². The summed E-state index contributed by atoms with van der Waals surface area (Å²) in [5, 5.41) is 3.21. The van der Waals surface area contributed by atoms with Crippen molar-refractivity contribution in [2.45, 2.75) is 32.7 Å². The normalized spacial score (nSPS) is 11.8. The molecule has 1 aromatic carbocycles. The molecule has 2 rings (SSSR count). The molecule has 0 saturated heterocycles. The summed E-state index contributed by atoms with van der Waals surface area (Å²) < 4.78 is 2.24. The second kappa shape index (κ2) is 5.57. The van der Waals surface area contributed by atoms with Crippen LogP contribution in [0.3, 0.4) is 0 Å². The van der Waals surface area contributed by atoms with Crippen molar-refractivity contribution in [2.75, 3.05) is 13.6 Å². The Morgan fingerprint density at radius 3 is 2.63 bits per heavy atom. The van der Waals surface area contributed by atoms with Gasteiger partial charge >= 0.3 is 0 Å². The maximum atomic E-state index is 4.33. The summed E-state index contributed by atoms with van der Waals surface area (Å²) in [5.41, 5.74) is 3.88. The van der Waals surface area contributed by atoms with Crippen LogP contribution in [-0.2, 0) is 12.0 Å². The van der Waals surface area contributed by atoms with Crippen molar-refractivity contribution in [2.24, 2.45) is 0 Å². The highest BCUT2D eigenvalue weighted by molar-refractivity contribution is 5.64. The van der Waals surface area contributed by atoms with Crippen LogP contribution in [0.4, 0.5) is 0 Å². The molecule has 1 N–H and O–H groups in total. The van der Waals surface area contributed by atoms with Crippen LogP contribution in [0.2, 0.25) is 0 Å². The van der Waals surface area contributed by atoms with Gasteiger partial charge < -0.3 is 9.88 Å². The number of hydrogen-bond donors (Lipinski definition) is 1. The molecule has 19 heavy (non-hydrogen) atoms. The van der Waals surface area contributed by atoms with Crippen LogP contribution in [0, 0.1) is 0 Å². The zero-order chi connectivity index (χ0) is 13.9. The molecule has 2 aromatic rings. The quantitative estimate of drug-likeness (QED) is 0.912. The Morgan fingerprint density at radius 1 is 1.21 bits per heavy atom. The van der Waals surface area contributed by atoms with E-state index in [2.05, 4.69) is 59.9 Å². The van der Waals surface area contributed by atoms with E-state index in [-0.39, 0.29) is 5.54 Å². The van der Waals surface area contributed by atoms with Gasteiger partial charge in [-0.15, -0.1) is 0 Å². The maximum absolute atomic E-state index is 4.33. The van der Waals surface area contributed by atoms with Gasteiger partial charge in [0.1, 0.15) is 0 Å². The molecule has 0 aliphatic heterocycles. The monoisotopic (exact) mass is 257 g/mol. The summed E-state index contributed by atoms with van der Waals surface area (Å²) >= 11 is 0. The molecule has 3 nitrogen and oxygen atoms in total. The molecular formula is C16H23N3. The van der Waals surface area contributed by atoms with Gasteiger partial charge in [-0.1, -0.05) is 24.3 Å². The van der Waals surface area contributed by atoms with Crippen LogP contribution < -0.4 is 5.32 Å². The number of hydrogen-bond acceptors (Lipinski definition) is 2. The smallest absolute Gasteiger partial charge is 0.0955 e. The van der Waals surface area contributed by atoms with Crippen molar-refractivity contribution < 1.29 is 0 Å². The predicted octanol–water partition coefficient (Wildman–Crippen LogP) is 3.07. The number of benzene rings is 1. The van der Waals surface area contributed by atoms with Gasteiger partial charge in [-0.3, -0.25) is 0 Å². The van der Waals surface area contributed by atoms with Gasteiger partial charge in [-0.25, -0.2) is 4.98 Å². The summed E-state index contributed by atoms with van der Waals surface area (Å²) in [5.74, 6) is 0. The highest BCUT2D eigenvalue weighted by Gasteiger charge is 2.18. The van der Waals surface area contributed by atoms with Crippen molar-refractivity contribution in [3.63, 3.8) is 0 Å². The Labute approximate surface area is 115 Å². The average molecular weight is 257 g/mol. The minimum Gasteiger partial charge on any atom is -0.325 e. The summed E-state index contributed by atoms with van der Waals surface area (Å²) in [6, 6.07) is 8.58. The van der Waals surface area contributed by atoms with Crippen LogP contribution in [-0.4, -0.2) is 23.1 Å². The Balaban J connectivity index is 2.45. The average Bonchev–Trinajstić information content (AvgIpc) is 2.85. The molecule has 0 radical (unpaired) electrons. The van der Waals surface area contributed by atoms with E-state index in [1.807, 2.05) is 19.6 Å². The first-order chi connectivity index (χ1) is 9.04. The highest BCUT2D eigenvalue weighted by atomic mass is 15.1. The zero-order valence-electron chi connectivity index (χ0n) is 12.3. The molecule has 102 valence electrons. The van der Waals surface area contributed by atoms with E-state index in [0.717, 1.165) is 13.0 Å². The van der Waals surface area contributed by atoms with E-state index in [1.54, 1.807) is 0 Å². The van der Waals surface area contributed by atoms with E-state index in [9.17, 15) is 0 Å². The van der Waals surface area contributed by atoms with Crippen LogP contribution >= 0.6 is 0 Å². The number of nitrogens with zero attached hydrogens (tertiary/aromatic N) is 2. The van der Waals surface area contributed by atoms with Gasteiger partial charge in [0.05, 0.1) is 18.2 Å². The first-order valence-electron chi connectivity index (χ1n) is 6.79. The minimum absolute atomic E-state index is 0.0436. The number of imidazole rings is 1. The van der Waals surface area contributed by atoms with Crippen molar-refractivity contribution >= 4 is 0 Å². The van der Waals surface area contributed by atoms with Crippen molar-refractivity contribution in [1.82, 2.24) is 14.9 Å². The highest BCUT2D eigenvalue weighted by Crippen LogP contribution is 2.28. The van der Waals surface area contributed by atoms with Gasteiger partial charge in [0.25, 0.3) is 0 Å². The second-order valence-electron chi connectivity index (χ2n) is 5.83. The summed E-state index contributed by atoms with van der Waals surface area (Å²) in [4.78, 5) is 4.33. The van der Waals surface area contributed by atoms with E-state index >= 15 is 0 Å². The predicted molar refractivity (Wildman–Crippen MR) is 80.3 cm³/mol. The molecule has 0 fully saturated rings.